The predicted octanol–water partition coefficient (Wildman–Crippen LogP) is 2.73. The summed E-state index contributed by atoms with van der Waals surface area (Å²) in [6.07, 6.45) is 0.900. The minimum Gasteiger partial charge on any atom is -0.314 e. The molecule has 1 aromatic carbocycles. The Morgan fingerprint density at radius 1 is 1.43 bits per heavy atom. The zero-order valence-corrected chi connectivity index (χ0v) is 12.5. The van der Waals surface area contributed by atoms with E-state index in [1.807, 2.05) is 0 Å². The molecular formula is C15H22FN3O2. The Balaban J connectivity index is 2.39. The summed E-state index contributed by atoms with van der Waals surface area (Å²) in [5.41, 5.74) is 0.398. The number of rotatable bonds is 5. The molecule has 1 unspecified atom stereocenters. The molecule has 0 aliphatic carbocycles. The quantitative estimate of drug-likeness (QED) is 0.670. The molecule has 1 heterocycles. The van der Waals surface area contributed by atoms with Gasteiger partial charge in [0, 0.05) is 49.9 Å². The van der Waals surface area contributed by atoms with Gasteiger partial charge in [-0.15, -0.1) is 0 Å². The number of benzene rings is 1. The first kappa shape index (κ1) is 15.9. The van der Waals surface area contributed by atoms with Gasteiger partial charge in [0.15, 0.2) is 0 Å². The maximum absolute atomic E-state index is 14.3. The van der Waals surface area contributed by atoms with Crippen LogP contribution in [0.15, 0.2) is 18.2 Å². The minimum absolute atomic E-state index is 0.0464. The van der Waals surface area contributed by atoms with Gasteiger partial charge in [-0.1, -0.05) is 20.3 Å². The summed E-state index contributed by atoms with van der Waals surface area (Å²) in [7, 11) is 0. The van der Waals surface area contributed by atoms with Crippen LogP contribution in [0.1, 0.15) is 31.9 Å². The summed E-state index contributed by atoms with van der Waals surface area (Å²) in [6, 6.07) is 3.72. The lowest BCUT2D eigenvalue weighted by Crippen LogP contribution is -2.46. The lowest BCUT2D eigenvalue weighted by molar-refractivity contribution is -0.385. The van der Waals surface area contributed by atoms with Crippen molar-refractivity contribution in [3.05, 3.63) is 39.7 Å². The van der Waals surface area contributed by atoms with E-state index in [9.17, 15) is 14.5 Å². The Hall–Kier alpha value is -1.53. The first-order valence-electron chi connectivity index (χ1n) is 7.43. The van der Waals surface area contributed by atoms with Crippen LogP contribution in [0.2, 0.25) is 0 Å². The Labute approximate surface area is 124 Å². The first-order chi connectivity index (χ1) is 10.0. The number of piperazine rings is 1. The van der Waals surface area contributed by atoms with Crippen LogP contribution in [0.25, 0.3) is 0 Å². The average molecular weight is 295 g/mol. The van der Waals surface area contributed by atoms with E-state index >= 15 is 0 Å². The summed E-state index contributed by atoms with van der Waals surface area (Å²) in [5, 5.41) is 14.2. The topological polar surface area (TPSA) is 58.4 Å². The third kappa shape index (κ3) is 3.57. The number of nitro groups is 1. The number of nitro benzene ring substituents is 1. The number of non-ortho nitro benzene ring substituents is 1. The highest BCUT2D eigenvalue weighted by Crippen LogP contribution is 2.34. The highest BCUT2D eigenvalue weighted by Gasteiger charge is 2.29. The molecule has 0 saturated carbocycles. The monoisotopic (exact) mass is 295 g/mol. The van der Waals surface area contributed by atoms with Crippen LogP contribution >= 0.6 is 0 Å². The fourth-order valence-electron chi connectivity index (χ4n) is 2.92. The summed E-state index contributed by atoms with van der Waals surface area (Å²) < 4.78 is 14.3. The Bertz CT molecular complexity index is 504. The van der Waals surface area contributed by atoms with Gasteiger partial charge in [-0.05, 0) is 12.0 Å². The van der Waals surface area contributed by atoms with E-state index in [0.29, 0.717) is 5.56 Å². The molecular weight excluding hydrogens is 273 g/mol. The van der Waals surface area contributed by atoms with Gasteiger partial charge in [0.2, 0.25) is 0 Å². The summed E-state index contributed by atoms with van der Waals surface area (Å²) in [5.74, 6) is -0.121. The van der Waals surface area contributed by atoms with Crippen molar-refractivity contribution >= 4 is 5.69 Å². The average Bonchev–Trinajstić information content (AvgIpc) is 2.50. The van der Waals surface area contributed by atoms with Crippen molar-refractivity contribution in [2.45, 2.75) is 26.3 Å². The Morgan fingerprint density at radius 3 is 2.67 bits per heavy atom. The molecule has 2 rings (SSSR count). The van der Waals surface area contributed by atoms with Crippen LogP contribution in [-0.4, -0.2) is 36.0 Å². The van der Waals surface area contributed by atoms with Crippen molar-refractivity contribution in [3.63, 3.8) is 0 Å². The zero-order valence-electron chi connectivity index (χ0n) is 12.5. The number of halogens is 1. The molecule has 1 saturated heterocycles. The SMILES string of the molecule is CCC(C)[C@@H](c1cc([N+](=O)[O-])ccc1F)N1CCNCC1. The molecule has 0 spiro atoms. The molecule has 21 heavy (non-hydrogen) atoms. The number of hydrogen-bond donors (Lipinski definition) is 1. The van der Waals surface area contributed by atoms with Gasteiger partial charge >= 0.3 is 0 Å². The van der Waals surface area contributed by atoms with Crippen LogP contribution < -0.4 is 5.32 Å². The van der Waals surface area contributed by atoms with E-state index in [4.69, 9.17) is 0 Å². The van der Waals surface area contributed by atoms with Crippen LogP contribution in [0.4, 0.5) is 10.1 Å². The highest BCUT2D eigenvalue weighted by atomic mass is 19.1. The molecule has 5 nitrogen and oxygen atoms in total. The summed E-state index contributed by atoms with van der Waals surface area (Å²) >= 11 is 0. The van der Waals surface area contributed by atoms with Crippen molar-refractivity contribution in [3.8, 4) is 0 Å². The van der Waals surface area contributed by atoms with Crippen LogP contribution in [0.3, 0.4) is 0 Å². The second-order valence-corrected chi connectivity index (χ2v) is 5.58. The predicted molar refractivity (Wildman–Crippen MR) is 79.7 cm³/mol. The third-order valence-electron chi connectivity index (χ3n) is 4.24. The second kappa shape index (κ2) is 6.95. The lowest BCUT2D eigenvalue weighted by Gasteiger charge is -2.38. The molecule has 0 bridgehead atoms. The van der Waals surface area contributed by atoms with Gasteiger partial charge < -0.3 is 5.32 Å². The van der Waals surface area contributed by atoms with Crippen molar-refractivity contribution in [2.24, 2.45) is 5.92 Å². The van der Waals surface area contributed by atoms with Gasteiger partial charge in [0.1, 0.15) is 5.82 Å². The molecule has 0 amide bonds. The van der Waals surface area contributed by atoms with Gasteiger partial charge in [0.25, 0.3) is 5.69 Å². The van der Waals surface area contributed by atoms with Crippen molar-refractivity contribution in [1.82, 2.24) is 10.2 Å². The first-order valence-corrected chi connectivity index (χ1v) is 7.43. The number of nitrogens with zero attached hydrogens (tertiary/aromatic N) is 2. The maximum Gasteiger partial charge on any atom is 0.269 e. The number of nitrogens with one attached hydrogen (secondary N) is 1. The molecule has 0 aromatic heterocycles. The largest absolute Gasteiger partial charge is 0.314 e. The van der Waals surface area contributed by atoms with Gasteiger partial charge in [-0.2, -0.15) is 0 Å². The van der Waals surface area contributed by atoms with E-state index in [2.05, 4.69) is 24.1 Å². The highest BCUT2D eigenvalue weighted by molar-refractivity contribution is 5.37. The van der Waals surface area contributed by atoms with Crippen LogP contribution in [0, 0.1) is 21.8 Å². The normalized spacial score (nSPS) is 19.2. The molecule has 1 aliphatic rings. The third-order valence-corrected chi connectivity index (χ3v) is 4.24. The van der Waals surface area contributed by atoms with Gasteiger partial charge in [-0.25, -0.2) is 4.39 Å². The van der Waals surface area contributed by atoms with Crippen LogP contribution in [0.5, 0.6) is 0 Å². The lowest BCUT2D eigenvalue weighted by atomic mass is 9.90. The van der Waals surface area contributed by atoms with Gasteiger partial charge in [0.05, 0.1) is 4.92 Å². The molecule has 0 radical (unpaired) electrons. The zero-order chi connectivity index (χ0) is 15.4. The number of hydrogen-bond acceptors (Lipinski definition) is 4. The molecule has 2 atom stereocenters. The van der Waals surface area contributed by atoms with E-state index in [-0.39, 0.29) is 23.5 Å². The molecule has 6 heteroatoms. The fourth-order valence-corrected chi connectivity index (χ4v) is 2.92. The summed E-state index contributed by atoms with van der Waals surface area (Å²) in [4.78, 5) is 12.7. The standard InChI is InChI=1S/C15H22FN3O2/c1-3-11(2)15(18-8-6-17-7-9-18)13-10-12(19(20)21)4-5-14(13)16/h4-5,10-11,15,17H,3,6-9H2,1-2H3/t11?,15-/m0/s1. The van der Waals surface area contributed by atoms with E-state index < -0.39 is 4.92 Å². The smallest absolute Gasteiger partial charge is 0.269 e. The Kier molecular flexibility index (Phi) is 5.25. The van der Waals surface area contributed by atoms with Crippen molar-refractivity contribution < 1.29 is 9.31 Å². The molecule has 1 fully saturated rings. The van der Waals surface area contributed by atoms with E-state index in [1.165, 1.54) is 18.2 Å². The van der Waals surface area contributed by atoms with Crippen molar-refractivity contribution in [1.29, 1.82) is 0 Å². The van der Waals surface area contributed by atoms with Crippen molar-refractivity contribution in [2.75, 3.05) is 26.2 Å². The van der Waals surface area contributed by atoms with E-state index in [1.54, 1.807) is 0 Å². The maximum atomic E-state index is 14.3. The molecule has 1 N–H and O–H groups in total. The second-order valence-electron chi connectivity index (χ2n) is 5.58. The fraction of sp³-hybridized carbons (Fsp3) is 0.600. The summed E-state index contributed by atoms with van der Waals surface area (Å²) in [6.45, 7) is 7.53. The molecule has 116 valence electrons. The Morgan fingerprint density at radius 2 is 2.10 bits per heavy atom. The van der Waals surface area contributed by atoms with Crippen LogP contribution in [-0.2, 0) is 0 Å². The molecule has 1 aromatic rings. The van der Waals surface area contributed by atoms with Gasteiger partial charge in [-0.3, -0.25) is 15.0 Å². The minimum atomic E-state index is -0.464. The molecule has 1 aliphatic heterocycles. The van der Waals surface area contributed by atoms with E-state index in [0.717, 1.165) is 32.6 Å².